The van der Waals surface area contributed by atoms with Crippen molar-refractivity contribution in [1.82, 2.24) is 9.80 Å². The molecule has 140 valence electrons. The minimum absolute atomic E-state index is 0.0839. The monoisotopic (exact) mass is 379 g/mol. The summed E-state index contributed by atoms with van der Waals surface area (Å²) in [5.74, 6) is -1.02. The van der Waals surface area contributed by atoms with E-state index in [9.17, 15) is 22.8 Å². The van der Waals surface area contributed by atoms with E-state index >= 15 is 0 Å². The number of nitrogens with zero attached hydrogens (tertiary/aromatic N) is 2. The molecule has 1 rings (SSSR count). The molecule has 9 heteroatoms. The van der Waals surface area contributed by atoms with Crippen molar-refractivity contribution in [1.29, 1.82) is 0 Å². The van der Waals surface area contributed by atoms with Crippen LogP contribution in [-0.4, -0.2) is 55.3 Å². The SMILES string of the molecule is CC(=O)N(CCCN(C)C)CC(=O)Nc1ccc(Cl)cc1C(F)(F)F. The molecule has 0 atom stereocenters. The standard InChI is InChI=1S/C16H21ClF3N3O2/c1-11(24)23(8-4-7-22(2)3)10-15(25)21-14-6-5-12(17)9-13(14)16(18,19)20/h5-6,9H,4,7-8,10H2,1-3H3,(H,21,25). The molecule has 0 aliphatic rings. The van der Waals surface area contributed by atoms with E-state index in [1.165, 1.54) is 17.9 Å². The Balaban J connectivity index is 2.79. The Morgan fingerprint density at radius 3 is 2.36 bits per heavy atom. The number of rotatable bonds is 7. The molecular formula is C16H21ClF3N3O2. The van der Waals surface area contributed by atoms with Crippen molar-refractivity contribution >= 4 is 29.1 Å². The molecule has 25 heavy (non-hydrogen) atoms. The molecule has 1 aromatic rings. The summed E-state index contributed by atoms with van der Waals surface area (Å²) >= 11 is 5.60. The van der Waals surface area contributed by atoms with Gasteiger partial charge in [0.05, 0.1) is 17.8 Å². The van der Waals surface area contributed by atoms with Crippen LogP contribution in [0, 0.1) is 0 Å². The van der Waals surface area contributed by atoms with Gasteiger partial charge in [0.1, 0.15) is 0 Å². The molecule has 0 saturated carbocycles. The largest absolute Gasteiger partial charge is 0.418 e. The third-order valence-electron chi connectivity index (χ3n) is 3.37. The van der Waals surface area contributed by atoms with E-state index in [0.29, 0.717) is 13.0 Å². The predicted octanol–water partition coefficient (Wildman–Crippen LogP) is 3.10. The summed E-state index contributed by atoms with van der Waals surface area (Å²) in [6, 6.07) is 3.09. The Labute approximate surface area is 149 Å². The van der Waals surface area contributed by atoms with Gasteiger partial charge in [-0.15, -0.1) is 0 Å². The van der Waals surface area contributed by atoms with Crippen LogP contribution in [0.1, 0.15) is 18.9 Å². The number of alkyl halides is 3. The van der Waals surface area contributed by atoms with Crippen molar-refractivity contribution in [2.75, 3.05) is 39.0 Å². The van der Waals surface area contributed by atoms with E-state index in [2.05, 4.69) is 5.32 Å². The zero-order valence-electron chi connectivity index (χ0n) is 14.3. The molecule has 0 fully saturated rings. The second-order valence-corrected chi connectivity index (χ2v) is 6.27. The van der Waals surface area contributed by atoms with E-state index in [1.54, 1.807) is 0 Å². The molecule has 0 spiro atoms. The highest BCUT2D eigenvalue weighted by Crippen LogP contribution is 2.36. The summed E-state index contributed by atoms with van der Waals surface area (Å²) in [7, 11) is 3.76. The van der Waals surface area contributed by atoms with Crippen LogP contribution < -0.4 is 5.32 Å². The normalized spacial score (nSPS) is 11.5. The maximum Gasteiger partial charge on any atom is 0.418 e. The highest BCUT2D eigenvalue weighted by Gasteiger charge is 2.34. The number of nitrogens with one attached hydrogen (secondary N) is 1. The predicted molar refractivity (Wildman–Crippen MR) is 90.5 cm³/mol. The van der Waals surface area contributed by atoms with E-state index in [4.69, 9.17) is 11.6 Å². The Hall–Kier alpha value is -1.80. The summed E-state index contributed by atoms with van der Waals surface area (Å²) in [6.45, 7) is 2.06. The minimum atomic E-state index is -4.65. The van der Waals surface area contributed by atoms with Crippen molar-refractivity contribution in [3.63, 3.8) is 0 Å². The first kappa shape index (κ1) is 21.2. The molecule has 0 heterocycles. The highest BCUT2D eigenvalue weighted by molar-refractivity contribution is 6.30. The lowest BCUT2D eigenvalue weighted by atomic mass is 10.1. The van der Waals surface area contributed by atoms with Crippen LogP contribution in [0.3, 0.4) is 0 Å². The molecule has 0 bridgehead atoms. The first-order chi connectivity index (χ1) is 11.5. The van der Waals surface area contributed by atoms with Gasteiger partial charge in [0.15, 0.2) is 0 Å². The van der Waals surface area contributed by atoms with E-state index in [0.717, 1.165) is 18.7 Å². The molecule has 0 unspecified atom stereocenters. The van der Waals surface area contributed by atoms with Gasteiger partial charge in [-0.1, -0.05) is 11.6 Å². The zero-order valence-corrected chi connectivity index (χ0v) is 15.0. The summed E-state index contributed by atoms with van der Waals surface area (Å²) in [5.41, 5.74) is -1.42. The smallest absolute Gasteiger partial charge is 0.334 e. The van der Waals surface area contributed by atoms with Crippen LogP contribution >= 0.6 is 11.6 Å². The lowest BCUT2D eigenvalue weighted by Crippen LogP contribution is -2.38. The molecule has 1 N–H and O–H groups in total. The molecule has 0 aromatic heterocycles. The van der Waals surface area contributed by atoms with Crippen LogP contribution in [0.15, 0.2) is 18.2 Å². The van der Waals surface area contributed by atoms with Gasteiger partial charge in [-0.3, -0.25) is 9.59 Å². The molecule has 0 aliphatic heterocycles. The van der Waals surface area contributed by atoms with E-state index in [1.807, 2.05) is 19.0 Å². The topological polar surface area (TPSA) is 52.7 Å². The molecule has 2 amide bonds. The maximum atomic E-state index is 13.0. The van der Waals surface area contributed by atoms with Crippen molar-refractivity contribution in [2.24, 2.45) is 0 Å². The quantitative estimate of drug-likeness (QED) is 0.792. The number of carbonyl (C=O) groups excluding carboxylic acids is 2. The fourth-order valence-corrected chi connectivity index (χ4v) is 2.32. The summed E-state index contributed by atoms with van der Waals surface area (Å²) in [6.07, 6.45) is -4.01. The van der Waals surface area contributed by atoms with Crippen LogP contribution in [-0.2, 0) is 15.8 Å². The zero-order chi connectivity index (χ0) is 19.2. The van der Waals surface area contributed by atoms with Crippen molar-refractivity contribution in [3.8, 4) is 0 Å². The van der Waals surface area contributed by atoms with Crippen LogP contribution in [0.5, 0.6) is 0 Å². The fourth-order valence-electron chi connectivity index (χ4n) is 2.15. The lowest BCUT2D eigenvalue weighted by molar-refractivity contribution is -0.137. The maximum absolute atomic E-state index is 13.0. The average Bonchev–Trinajstić information content (AvgIpc) is 2.46. The Bertz CT molecular complexity index is 621. The molecule has 1 aromatic carbocycles. The Kier molecular flexibility index (Phi) is 7.69. The van der Waals surface area contributed by atoms with Crippen molar-refractivity contribution < 1.29 is 22.8 Å². The summed E-state index contributed by atoms with van der Waals surface area (Å²) in [5, 5.41) is 2.12. The lowest BCUT2D eigenvalue weighted by Gasteiger charge is -2.22. The van der Waals surface area contributed by atoms with Gasteiger partial charge >= 0.3 is 6.18 Å². The van der Waals surface area contributed by atoms with E-state index < -0.39 is 23.3 Å². The Morgan fingerprint density at radius 1 is 1.20 bits per heavy atom. The van der Waals surface area contributed by atoms with Gasteiger partial charge in [-0.05, 0) is 45.3 Å². The third-order valence-corrected chi connectivity index (χ3v) is 3.61. The van der Waals surface area contributed by atoms with Crippen molar-refractivity contribution in [3.05, 3.63) is 28.8 Å². The summed E-state index contributed by atoms with van der Waals surface area (Å²) < 4.78 is 39.1. The second kappa shape index (κ2) is 9.05. The second-order valence-electron chi connectivity index (χ2n) is 5.83. The molecular weight excluding hydrogens is 359 g/mol. The fraction of sp³-hybridized carbons (Fsp3) is 0.500. The van der Waals surface area contributed by atoms with Gasteiger partial charge in [0, 0.05) is 18.5 Å². The highest BCUT2D eigenvalue weighted by atomic mass is 35.5. The van der Waals surface area contributed by atoms with Crippen LogP contribution in [0.2, 0.25) is 5.02 Å². The molecule has 0 aliphatic carbocycles. The molecule has 0 saturated heterocycles. The number of hydrogen-bond donors (Lipinski definition) is 1. The van der Waals surface area contributed by atoms with Crippen LogP contribution in [0.25, 0.3) is 0 Å². The van der Waals surface area contributed by atoms with Crippen LogP contribution in [0.4, 0.5) is 18.9 Å². The average molecular weight is 380 g/mol. The molecule has 0 radical (unpaired) electrons. The van der Waals surface area contributed by atoms with Gasteiger partial charge in [-0.25, -0.2) is 0 Å². The van der Waals surface area contributed by atoms with Gasteiger partial charge in [-0.2, -0.15) is 13.2 Å². The van der Waals surface area contributed by atoms with Crippen molar-refractivity contribution in [2.45, 2.75) is 19.5 Å². The number of halogens is 4. The Morgan fingerprint density at radius 2 is 1.84 bits per heavy atom. The number of amides is 2. The number of carbonyl (C=O) groups is 2. The van der Waals surface area contributed by atoms with Gasteiger partial charge < -0.3 is 15.1 Å². The first-order valence-corrected chi connectivity index (χ1v) is 7.95. The summed E-state index contributed by atoms with van der Waals surface area (Å²) in [4.78, 5) is 26.9. The molecule has 5 nitrogen and oxygen atoms in total. The number of benzene rings is 1. The minimum Gasteiger partial charge on any atom is -0.334 e. The number of anilines is 1. The third kappa shape index (κ3) is 7.31. The first-order valence-electron chi connectivity index (χ1n) is 7.57. The number of hydrogen-bond acceptors (Lipinski definition) is 3. The van der Waals surface area contributed by atoms with E-state index in [-0.39, 0.29) is 17.5 Å². The van der Waals surface area contributed by atoms with Gasteiger partial charge in [0.2, 0.25) is 11.8 Å². The van der Waals surface area contributed by atoms with Gasteiger partial charge in [0.25, 0.3) is 0 Å².